The van der Waals surface area contributed by atoms with E-state index in [1.807, 2.05) is 0 Å². The van der Waals surface area contributed by atoms with E-state index < -0.39 is 12.2 Å². The number of hydrogen-bond donors (Lipinski definition) is 4. The van der Waals surface area contributed by atoms with Crippen molar-refractivity contribution in [2.75, 3.05) is 10.6 Å². The molecule has 1 rings (SSSR count). The summed E-state index contributed by atoms with van der Waals surface area (Å²) in [6.45, 7) is 0. The van der Waals surface area contributed by atoms with Crippen molar-refractivity contribution in [3.8, 4) is 0 Å². The van der Waals surface area contributed by atoms with Gasteiger partial charge in [0.2, 0.25) is 0 Å². The Morgan fingerprint density at radius 2 is 1.81 bits per heavy atom. The summed E-state index contributed by atoms with van der Waals surface area (Å²) in [5, 5.41) is 21.3. The summed E-state index contributed by atoms with van der Waals surface area (Å²) in [5.74, 6) is 0.160. The van der Waals surface area contributed by atoms with E-state index in [0.29, 0.717) is 0 Å². The van der Waals surface area contributed by atoms with Gasteiger partial charge in [-0.3, -0.25) is 5.32 Å². The predicted octanol–water partition coefficient (Wildman–Crippen LogP) is -2.31. The molecule has 0 aliphatic heterocycles. The van der Waals surface area contributed by atoms with E-state index in [2.05, 4.69) is 10.6 Å². The number of anilines is 2. The average molecular weight is 339 g/mol. The van der Waals surface area contributed by atoms with Crippen molar-refractivity contribution in [2.45, 2.75) is 0 Å². The number of nitrogens with one attached hydrogen (secondary N) is 2. The molecule has 88 valence electrons. The zero-order chi connectivity index (χ0) is 11.4. The summed E-state index contributed by atoms with van der Waals surface area (Å²) < 4.78 is 1.46. The zero-order valence-electron chi connectivity index (χ0n) is 8.27. The third-order valence-corrected chi connectivity index (χ3v) is 1.65. The first kappa shape index (κ1) is 14.4. The number of aromatic nitrogens is 1. The van der Waals surface area contributed by atoms with Crippen LogP contribution in [0, 0.1) is 0 Å². The molecule has 7 nitrogen and oxygen atoms in total. The first-order valence-corrected chi connectivity index (χ1v) is 3.99. The molecule has 1 aromatic rings. The number of nitrogens with zero attached hydrogens (tertiary/aromatic N) is 1. The number of hydrogen-bond acceptors (Lipinski definition) is 2. The van der Waals surface area contributed by atoms with Gasteiger partial charge in [0.1, 0.15) is 5.69 Å². The molecule has 0 aromatic carbocycles. The topological polar surface area (TPSA) is 103 Å². The fourth-order valence-electron chi connectivity index (χ4n) is 1.08. The Labute approximate surface area is 108 Å². The maximum atomic E-state index is 10.5. The number of amides is 2. The van der Waals surface area contributed by atoms with Gasteiger partial charge < -0.3 is 34.2 Å². The molecule has 0 atom stereocenters. The van der Waals surface area contributed by atoms with Crippen molar-refractivity contribution in [1.29, 1.82) is 0 Å². The molecule has 1 aromatic heterocycles. The van der Waals surface area contributed by atoms with Gasteiger partial charge in [0.25, 0.3) is 0 Å². The first-order chi connectivity index (χ1) is 7.00. The molecular formula is C8H10IN3O4. The van der Waals surface area contributed by atoms with Crippen molar-refractivity contribution in [3.63, 3.8) is 0 Å². The second-order valence-corrected chi connectivity index (χ2v) is 2.74. The van der Waals surface area contributed by atoms with E-state index in [0.717, 1.165) is 0 Å². The molecule has 0 bridgehead atoms. The molecule has 0 saturated heterocycles. The molecule has 8 heteroatoms. The normalized spacial score (nSPS) is 8.81. The largest absolute Gasteiger partial charge is 1.00 e. The lowest BCUT2D eigenvalue weighted by molar-refractivity contribution is -0.656. The van der Waals surface area contributed by atoms with Gasteiger partial charge in [-0.1, -0.05) is 0 Å². The smallest absolute Gasteiger partial charge is 0.502 e. The lowest BCUT2D eigenvalue weighted by Gasteiger charge is -2.05. The van der Waals surface area contributed by atoms with Crippen LogP contribution in [-0.2, 0) is 7.05 Å². The Hall–Kier alpha value is -1.58. The van der Waals surface area contributed by atoms with E-state index in [1.165, 1.54) is 10.6 Å². The minimum absolute atomic E-state index is 0. The Morgan fingerprint density at radius 3 is 2.31 bits per heavy atom. The monoisotopic (exact) mass is 339 g/mol. The Morgan fingerprint density at radius 1 is 1.25 bits per heavy atom. The maximum absolute atomic E-state index is 10.5. The van der Waals surface area contributed by atoms with Gasteiger partial charge in [-0.2, -0.15) is 10.1 Å². The van der Waals surface area contributed by atoms with Gasteiger partial charge in [0.05, 0.1) is 13.2 Å². The van der Waals surface area contributed by atoms with Gasteiger partial charge in [0.15, 0.2) is 0 Å². The van der Waals surface area contributed by atoms with E-state index in [1.54, 1.807) is 19.3 Å². The summed E-state index contributed by atoms with van der Waals surface area (Å²) in [6, 6.07) is 3.05. The molecule has 4 N–H and O–H groups in total. The minimum Gasteiger partial charge on any atom is -1.00 e. The lowest BCUT2D eigenvalue weighted by atomic mass is 10.3. The fraction of sp³-hybridized carbons (Fsp3) is 0.125. The van der Waals surface area contributed by atoms with Crippen LogP contribution in [0.1, 0.15) is 0 Å². The van der Waals surface area contributed by atoms with Gasteiger partial charge in [0, 0.05) is 0 Å². The molecule has 0 saturated carbocycles. The van der Waals surface area contributed by atoms with E-state index in [9.17, 15) is 9.59 Å². The summed E-state index contributed by atoms with van der Waals surface area (Å²) in [4.78, 5) is 20.9. The zero-order valence-corrected chi connectivity index (χ0v) is 10.4. The highest BCUT2D eigenvalue weighted by atomic mass is 127. The van der Waals surface area contributed by atoms with Crippen molar-refractivity contribution in [2.24, 2.45) is 7.05 Å². The summed E-state index contributed by atoms with van der Waals surface area (Å²) in [7, 11) is 1.60. The summed E-state index contributed by atoms with van der Waals surface area (Å²) in [6.07, 6.45) is -0.918. The van der Waals surface area contributed by atoms with Crippen LogP contribution >= 0.6 is 0 Å². The Kier molecular flexibility index (Phi) is 5.50. The molecule has 0 radical (unpaired) electrons. The number of halogens is 1. The fourth-order valence-corrected chi connectivity index (χ4v) is 1.08. The maximum Gasteiger partial charge on any atom is 0.502 e. The van der Waals surface area contributed by atoms with Crippen LogP contribution in [0.15, 0.2) is 18.3 Å². The van der Waals surface area contributed by atoms with Crippen LogP contribution in [0.2, 0.25) is 0 Å². The average Bonchev–Trinajstić information content (AvgIpc) is 2.09. The van der Waals surface area contributed by atoms with Crippen LogP contribution in [0.25, 0.3) is 0 Å². The lowest BCUT2D eigenvalue weighted by Crippen LogP contribution is -3.00. The highest BCUT2D eigenvalue weighted by molar-refractivity contribution is 5.91. The number of rotatable bonds is 2. The molecule has 0 aliphatic carbocycles. The summed E-state index contributed by atoms with van der Waals surface area (Å²) >= 11 is 0. The number of carbonyl (C=O) groups is 2. The van der Waals surface area contributed by atoms with Crippen LogP contribution in [0.3, 0.4) is 0 Å². The molecule has 0 fully saturated rings. The highest BCUT2D eigenvalue weighted by Gasteiger charge is 2.17. The third-order valence-electron chi connectivity index (χ3n) is 1.65. The van der Waals surface area contributed by atoms with Crippen molar-refractivity contribution >= 4 is 23.7 Å². The van der Waals surface area contributed by atoms with Gasteiger partial charge in [-0.25, -0.2) is 9.36 Å². The van der Waals surface area contributed by atoms with Crippen LogP contribution in [0.4, 0.5) is 21.1 Å². The van der Waals surface area contributed by atoms with Crippen LogP contribution < -0.4 is 39.2 Å². The summed E-state index contributed by atoms with van der Waals surface area (Å²) in [5.41, 5.74) is 0.176. The number of carboxylic acid groups (broad SMARTS) is 2. The van der Waals surface area contributed by atoms with Crippen molar-refractivity contribution in [3.05, 3.63) is 18.3 Å². The Balaban J connectivity index is 0.00000225. The van der Waals surface area contributed by atoms with Crippen LogP contribution in [0.5, 0.6) is 0 Å². The van der Waals surface area contributed by atoms with Gasteiger partial charge in [-0.05, 0) is 12.1 Å². The second-order valence-electron chi connectivity index (χ2n) is 2.74. The quantitative estimate of drug-likeness (QED) is 0.359. The van der Waals surface area contributed by atoms with E-state index in [4.69, 9.17) is 10.2 Å². The van der Waals surface area contributed by atoms with Crippen molar-refractivity contribution < 1.29 is 48.3 Å². The molecule has 1 heterocycles. The molecule has 0 unspecified atom stereocenters. The third kappa shape index (κ3) is 3.88. The molecule has 0 spiro atoms. The van der Waals surface area contributed by atoms with Crippen LogP contribution in [-0.4, -0.2) is 22.4 Å². The van der Waals surface area contributed by atoms with E-state index >= 15 is 0 Å². The van der Waals surface area contributed by atoms with E-state index in [-0.39, 0.29) is 35.5 Å². The minimum atomic E-state index is -1.26. The highest BCUT2D eigenvalue weighted by Crippen LogP contribution is 2.15. The van der Waals surface area contributed by atoms with Gasteiger partial charge in [-0.15, -0.1) is 0 Å². The Bertz CT molecular complexity index is 410. The molecule has 2 amide bonds. The molecular weight excluding hydrogens is 329 g/mol. The predicted molar refractivity (Wildman–Crippen MR) is 50.9 cm³/mol. The van der Waals surface area contributed by atoms with Gasteiger partial charge >= 0.3 is 18.0 Å². The molecule has 16 heavy (non-hydrogen) atoms. The SMILES string of the molecule is C[n+]1cccc(NC(=O)O)c1NC(=O)O.[I-]. The van der Waals surface area contributed by atoms with Crippen molar-refractivity contribution in [1.82, 2.24) is 0 Å². The second kappa shape index (κ2) is 6.10. The first-order valence-electron chi connectivity index (χ1n) is 3.99. The number of pyridine rings is 1. The standard InChI is InChI=1S/C8H9N3O4.HI/c1-11-4-2-3-5(9-7(12)13)6(11)10-8(14)15;/h2-4,9H,1H3,(H2,12,13,14,15);1H. The number of aryl methyl sites for hydroxylation is 1. The molecule has 0 aliphatic rings.